The van der Waals surface area contributed by atoms with E-state index in [1.165, 1.54) is 31.8 Å². The average molecular weight is 257 g/mol. The Labute approximate surface area is 103 Å². The van der Waals surface area contributed by atoms with Crippen LogP contribution in [0.2, 0.25) is 0 Å². The molecule has 0 bridgehead atoms. The molecular weight excluding hydrogens is 230 g/mol. The van der Waals surface area contributed by atoms with Crippen LogP contribution in [0.3, 0.4) is 0 Å². The molecule has 0 radical (unpaired) electrons. The normalized spacial score (nSPS) is 42.5. The maximum absolute atomic E-state index is 4.62. The zero-order valence-electron chi connectivity index (χ0n) is 11.4. The van der Waals surface area contributed by atoms with Crippen molar-refractivity contribution in [3.05, 3.63) is 11.6 Å². The van der Waals surface area contributed by atoms with Crippen molar-refractivity contribution in [2.75, 3.05) is 12.8 Å². The summed E-state index contributed by atoms with van der Waals surface area (Å²) in [6.45, 7) is 14.7. The molecular formula is C14H27P2+. The molecule has 2 heteroatoms. The molecule has 2 saturated heterocycles. The van der Waals surface area contributed by atoms with Gasteiger partial charge >= 0.3 is 0 Å². The number of hydrogen-bond acceptors (Lipinski definition) is 0. The van der Waals surface area contributed by atoms with Gasteiger partial charge in [0.05, 0.1) is 23.0 Å². The van der Waals surface area contributed by atoms with Gasteiger partial charge in [-0.05, 0) is 59.3 Å². The predicted molar refractivity (Wildman–Crippen MR) is 80.6 cm³/mol. The van der Waals surface area contributed by atoms with E-state index in [0.717, 1.165) is 17.0 Å². The molecule has 2 rings (SSSR count). The topological polar surface area (TPSA) is 0 Å². The molecule has 0 nitrogen and oxygen atoms in total. The molecule has 2 fully saturated rings. The Kier molecular flexibility index (Phi) is 3.83. The molecule has 0 aromatic heterocycles. The Hall–Kier alpha value is 0.600. The molecule has 0 aliphatic carbocycles. The lowest BCUT2D eigenvalue weighted by Gasteiger charge is -2.33. The van der Waals surface area contributed by atoms with E-state index >= 15 is 0 Å². The van der Waals surface area contributed by atoms with Gasteiger partial charge in [-0.15, -0.1) is 0 Å². The highest BCUT2D eigenvalue weighted by Gasteiger charge is 2.53. The van der Waals surface area contributed by atoms with Crippen LogP contribution in [-0.4, -0.2) is 29.8 Å². The highest BCUT2D eigenvalue weighted by molar-refractivity contribution is 7.92. The van der Waals surface area contributed by atoms with Gasteiger partial charge in [0.15, 0.2) is 0 Å². The minimum Gasteiger partial charge on any atom is -0.0581 e. The monoisotopic (exact) mass is 257 g/mol. The largest absolute Gasteiger partial charge is 0.0862 e. The molecule has 0 aromatic carbocycles. The summed E-state index contributed by atoms with van der Waals surface area (Å²) in [5.74, 6) is 0. The third-order valence-corrected chi connectivity index (χ3v) is 15.4. The highest BCUT2D eigenvalue weighted by Crippen LogP contribution is 2.83. The van der Waals surface area contributed by atoms with Gasteiger partial charge in [0.25, 0.3) is 0 Å². The van der Waals surface area contributed by atoms with Crippen molar-refractivity contribution in [1.82, 2.24) is 0 Å². The van der Waals surface area contributed by atoms with Crippen molar-refractivity contribution in [2.45, 2.75) is 63.4 Å². The van der Waals surface area contributed by atoms with Crippen LogP contribution in [-0.2, 0) is 0 Å². The zero-order valence-corrected chi connectivity index (χ0v) is 13.2. The van der Waals surface area contributed by atoms with Crippen molar-refractivity contribution in [3.63, 3.8) is 0 Å². The fourth-order valence-electron chi connectivity index (χ4n) is 3.56. The number of hydrogen-bond donors (Lipinski definition) is 0. The molecule has 0 saturated carbocycles. The van der Waals surface area contributed by atoms with E-state index in [4.69, 9.17) is 0 Å². The van der Waals surface area contributed by atoms with E-state index in [0.29, 0.717) is 0 Å². The van der Waals surface area contributed by atoms with Gasteiger partial charge in [0, 0.05) is 7.26 Å². The van der Waals surface area contributed by atoms with Crippen LogP contribution in [0.5, 0.6) is 0 Å². The van der Waals surface area contributed by atoms with Crippen molar-refractivity contribution in [1.29, 1.82) is 0 Å². The van der Waals surface area contributed by atoms with E-state index in [1.807, 2.05) is 0 Å². The van der Waals surface area contributed by atoms with E-state index in [2.05, 4.69) is 34.0 Å². The summed E-state index contributed by atoms with van der Waals surface area (Å²) >= 11 is 0. The molecule has 92 valence electrons. The standard InChI is InChI=1S/C14H27P2/c1-11-7-6-10-15(11)14(4)16(5)12(2)8-9-13(16)3/h11-13H,4,6-10H2,1-3,5H3/q+1/t11-,12-,13-,15?/m1/s1. The lowest BCUT2D eigenvalue weighted by atomic mass is 10.2. The second kappa shape index (κ2) is 4.70. The minimum atomic E-state index is -0.845. The van der Waals surface area contributed by atoms with Gasteiger partial charge in [-0.3, -0.25) is 0 Å². The fraction of sp³-hybridized carbons (Fsp3) is 0.857. The molecule has 0 spiro atoms. The number of rotatable bonds is 2. The Balaban J connectivity index is 2.19. The maximum Gasteiger partial charge on any atom is 0.0862 e. The highest BCUT2D eigenvalue weighted by atomic mass is 31.2. The second-order valence-electron chi connectivity index (χ2n) is 6.02. The molecule has 2 aliphatic heterocycles. The average Bonchev–Trinajstić information content (AvgIpc) is 2.78. The van der Waals surface area contributed by atoms with Crippen LogP contribution in [0.1, 0.15) is 46.5 Å². The van der Waals surface area contributed by atoms with Crippen molar-refractivity contribution >= 4 is 15.2 Å². The van der Waals surface area contributed by atoms with E-state index in [9.17, 15) is 0 Å². The molecule has 16 heavy (non-hydrogen) atoms. The minimum absolute atomic E-state index is 0.175. The summed E-state index contributed by atoms with van der Waals surface area (Å²) in [6, 6.07) is 0. The van der Waals surface area contributed by atoms with Gasteiger partial charge < -0.3 is 0 Å². The Morgan fingerprint density at radius 2 is 1.69 bits per heavy atom. The molecule has 2 aliphatic rings. The van der Waals surface area contributed by atoms with Crippen molar-refractivity contribution < 1.29 is 0 Å². The van der Waals surface area contributed by atoms with E-state index in [1.54, 1.807) is 5.06 Å². The van der Waals surface area contributed by atoms with Gasteiger partial charge in [-0.2, -0.15) is 0 Å². The molecule has 4 atom stereocenters. The first-order valence-corrected chi connectivity index (χ1v) is 10.8. The predicted octanol–water partition coefficient (Wildman–Crippen LogP) is 5.34. The Morgan fingerprint density at radius 1 is 1.12 bits per heavy atom. The fourth-order valence-corrected chi connectivity index (χ4v) is 13.3. The first kappa shape index (κ1) is 13.0. The van der Waals surface area contributed by atoms with Gasteiger partial charge in [0.1, 0.15) is 0 Å². The van der Waals surface area contributed by atoms with Crippen LogP contribution in [0.4, 0.5) is 0 Å². The second-order valence-corrected chi connectivity index (χ2v) is 13.8. The maximum atomic E-state index is 4.62. The quantitative estimate of drug-likeness (QED) is 0.586. The van der Waals surface area contributed by atoms with Crippen LogP contribution in [0, 0.1) is 0 Å². The van der Waals surface area contributed by atoms with Gasteiger partial charge in [-0.1, -0.05) is 13.5 Å². The molecule has 1 unspecified atom stereocenters. The van der Waals surface area contributed by atoms with Crippen LogP contribution >= 0.6 is 15.2 Å². The third kappa shape index (κ3) is 1.91. The zero-order chi connectivity index (χ0) is 11.9. The van der Waals surface area contributed by atoms with Gasteiger partial charge in [0.2, 0.25) is 0 Å². The summed E-state index contributed by atoms with van der Waals surface area (Å²) in [4.78, 5) is 0. The summed E-state index contributed by atoms with van der Waals surface area (Å²) in [5.41, 5.74) is 2.90. The Bertz CT molecular complexity index is 274. The van der Waals surface area contributed by atoms with E-state index < -0.39 is 7.26 Å². The summed E-state index contributed by atoms with van der Waals surface area (Å²) < 4.78 is 0. The van der Waals surface area contributed by atoms with Crippen LogP contribution < -0.4 is 0 Å². The van der Waals surface area contributed by atoms with Crippen LogP contribution in [0.15, 0.2) is 11.6 Å². The van der Waals surface area contributed by atoms with E-state index in [-0.39, 0.29) is 7.92 Å². The molecule has 0 aromatic rings. The molecule has 0 amide bonds. The first-order valence-electron chi connectivity index (χ1n) is 6.80. The van der Waals surface area contributed by atoms with Crippen LogP contribution in [0.25, 0.3) is 0 Å². The van der Waals surface area contributed by atoms with Crippen molar-refractivity contribution in [3.8, 4) is 0 Å². The lowest BCUT2D eigenvalue weighted by Crippen LogP contribution is -2.11. The SMILES string of the molecule is C=C(P1CCC[C@H]1C)[P+]1(C)[C@H](C)CC[C@H]1C. The molecule has 2 heterocycles. The third-order valence-electron chi connectivity index (χ3n) is 5.27. The summed E-state index contributed by atoms with van der Waals surface area (Å²) in [5, 5.41) is 1.77. The van der Waals surface area contributed by atoms with Crippen molar-refractivity contribution in [2.24, 2.45) is 0 Å². The lowest BCUT2D eigenvalue weighted by molar-refractivity contribution is 0.777. The smallest absolute Gasteiger partial charge is 0.0581 e. The molecule has 0 N–H and O–H groups in total. The summed E-state index contributed by atoms with van der Waals surface area (Å²) in [6.07, 6.45) is 7.34. The summed E-state index contributed by atoms with van der Waals surface area (Å²) in [7, 11) is -0.671. The first-order chi connectivity index (χ1) is 7.48. The van der Waals surface area contributed by atoms with Gasteiger partial charge in [-0.25, -0.2) is 0 Å². The Morgan fingerprint density at radius 3 is 2.12 bits per heavy atom.